The molecule has 4 nitrogen and oxygen atoms in total. The molecule has 0 aromatic carbocycles. The summed E-state index contributed by atoms with van der Waals surface area (Å²) in [4.78, 5) is 13.5. The van der Waals surface area contributed by atoms with Gasteiger partial charge in [-0.3, -0.25) is 4.79 Å². The molecular formula is C13H25NO3. The maximum absolute atomic E-state index is 11.9. The molecule has 1 aliphatic carbocycles. The lowest BCUT2D eigenvalue weighted by Crippen LogP contribution is -2.44. The molecule has 0 spiro atoms. The number of rotatable bonds is 4. The third-order valence-corrected chi connectivity index (χ3v) is 3.31. The molecule has 0 heterocycles. The Morgan fingerprint density at radius 1 is 1.29 bits per heavy atom. The zero-order valence-corrected chi connectivity index (χ0v) is 11.2. The summed E-state index contributed by atoms with van der Waals surface area (Å²) in [6.45, 7) is 3.64. The molecule has 0 atom stereocenters. The van der Waals surface area contributed by atoms with E-state index in [9.17, 15) is 15.0 Å². The Labute approximate surface area is 104 Å². The fourth-order valence-corrected chi connectivity index (χ4v) is 2.47. The third kappa shape index (κ3) is 5.04. The lowest BCUT2D eigenvalue weighted by atomic mass is 9.82. The second-order valence-electron chi connectivity index (χ2n) is 6.02. The number of amides is 1. The van der Waals surface area contributed by atoms with E-state index in [1.165, 1.54) is 4.90 Å². The van der Waals surface area contributed by atoms with Crippen LogP contribution in [0.2, 0.25) is 0 Å². The van der Waals surface area contributed by atoms with E-state index in [-0.39, 0.29) is 12.3 Å². The van der Waals surface area contributed by atoms with Crippen molar-refractivity contribution < 1.29 is 15.0 Å². The SMILES string of the molecule is CN(CC(C)(C)O)C(=O)CC1(O)CCCCC1. The summed E-state index contributed by atoms with van der Waals surface area (Å²) in [5.41, 5.74) is -1.71. The van der Waals surface area contributed by atoms with Crippen LogP contribution in [-0.4, -0.2) is 45.8 Å². The molecule has 1 aliphatic rings. The Kier molecular flexibility index (Phi) is 4.55. The summed E-state index contributed by atoms with van der Waals surface area (Å²) in [7, 11) is 1.67. The van der Waals surface area contributed by atoms with E-state index in [1.807, 2.05) is 0 Å². The number of hydrogen-bond donors (Lipinski definition) is 2. The monoisotopic (exact) mass is 243 g/mol. The summed E-state index contributed by atoms with van der Waals surface area (Å²) in [5, 5.41) is 19.9. The van der Waals surface area contributed by atoms with Gasteiger partial charge in [0, 0.05) is 13.6 Å². The highest BCUT2D eigenvalue weighted by Gasteiger charge is 2.33. The molecule has 0 aromatic rings. The largest absolute Gasteiger partial charge is 0.389 e. The molecule has 100 valence electrons. The van der Waals surface area contributed by atoms with E-state index in [4.69, 9.17) is 0 Å². The number of likely N-dealkylation sites (N-methyl/N-ethyl adjacent to an activating group) is 1. The second kappa shape index (κ2) is 5.36. The second-order valence-corrected chi connectivity index (χ2v) is 6.02. The molecule has 0 unspecified atom stereocenters. The maximum atomic E-state index is 11.9. The molecule has 1 rings (SSSR count). The quantitative estimate of drug-likeness (QED) is 0.782. The molecule has 0 saturated heterocycles. The molecule has 2 N–H and O–H groups in total. The fourth-order valence-electron chi connectivity index (χ4n) is 2.47. The van der Waals surface area contributed by atoms with Gasteiger partial charge >= 0.3 is 0 Å². The predicted octanol–water partition coefficient (Wildman–Crippen LogP) is 1.30. The van der Waals surface area contributed by atoms with Crippen molar-refractivity contribution in [2.45, 2.75) is 63.6 Å². The highest BCUT2D eigenvalue weighted by molar-refractivity contribution is 5.77. The molecule has 4 heteroatoms. The van der Waals surface area contributed by atoms with Crippen molar-refractivity contribution in [3.8, 4) is 0 Å². The van der Waals surface area contributed by atoms with Crippen LogP contribution >= 0.6 is 0 Å². The minimum atomic E-state index is -0.889. The van der Waals surface area contributed by atoms with Crippen LogP contribution < -0.4 is 0 Å². The van der Waals surface area contributed by atoms with Crippen LogP contribution in [0, 0.1) is 0 Å². The van der Waals surface area contributed by atoms with Crippen molar-refractivity contribution in [1.29, 1.82) is 0 Å². The lowest BCUT2D eigenvalue weighted by Gasteiger charge is -2.34. The van der Waals surface area contributed by atoms with Crippen LogP contribution in [0.4, 0.5) is 0 Å². The Morgan fingerprint density at radius 3 is 2.29 bits per heavy atom. The molecule has 1 saturated carbocycles. The van der Waals surface area contributed by atoms with Crippen LogP contribution in [0.3, 0.4) is 0 Å². The zero-order chi connectivity index (χ0) is 13.1. The van der Waals surface area contributed by atoms with E-state index in [2.05, 4.69) is 0 Å². The van der Waals surface area contributed by atoms with Gasteiger partial charge in [-0.2, -0.15) is 0 Å². The first-order valence-electron chi connectivity index (χ1n) is 6.41. The number of carbonyl (C=O) groups excluding carboxylic acids is 1. The zero-order valence-electron chi connectivity index (χ0n) is 11.2. The van der Waals surface area contributed by atoms with Gasteiger partial charge in [-0.05, 0) is 26.7 Å². The van der Waals surface area contributed by atoms with Crippen LogP contribution in [0.25, 0.3) is 0 Å². The average Bonchev–Trinajstić information content (AvgIpc) is 2.15. The third-order valence-electron chi connectivity index (χ3n) is 3.31. The Bertz CT molecular complexity index is 264. The summed E-state index contributed by atoms with van der Waals surface area (Å²) < 4.78 is 0. The first kappa shape index (κ1) is 14.5. The Morgan fingerprint density at radius 2 is 1.82 bits per heavy atom. The van der Waals surface area contributed by atoms with Crippen molar-refractivity contribution in [2.24, 2.45) is 0 Å². The number of nitrogens with zero attached hydrogens (tertiary/aromatic N) is 1. The highest BCUT2D eigenvalue weighted by Crippen LogP contribution is 2.31. The number of aliphatic hydroxyl groups is 2. The summed E-state index contributed by atoms with van der Waals surface area (Å²) in [6.07, 6.45) is 4.76. The molecule has 0 aliphatic heterocycles. The lowest BCUT2D eigenvalue weighted by molar-refractivity contribution is -0.139. The number of carbonyl (C=O) groups is 1. The Balaban J connectivity index is 2.47. The standard InChI is InChI=1S/C13H25NO3/c1-12(2,16)10-14(3)11(15)9-13(17)7-5-4-6-8-13/h16-17H,4-10H2,1-3H3. The molecule has 17 heavy (non-hydrogen) atoms. The van der Waals surface area contributed by atoms with E-state index in [1.54, 1.807) is 20.9 Å². The van der Waals surface area contributed by atoms with Crippen molar-refractivity contribution in [3.05, 3.63) is 0 Å². The molecule has 1 amide bonds. The van der Waals surface area contributed by atoms with Gasteiger partial charge in [0.15, 0.2) is 0 Å². The predicted molar refractivity (Wildman–Crippen MR) is 66.6 cm³/mol. The average molecular weight is 243 g/mol. The van der Waals surface area contributed by atoms with Crippen molar-refractivity contribution >= 4 is 5.91 Å². The van der Waals surface area contributed by atoms with Gasteiger partial charge in [0.25, 0.3) is 0 Å². The van der Waals surface area contributed by atoms with Gasteiger partial charge in [0.05, 0.1) is 17.6 Å². The fraction of sp³-hybridized carbons (Fsp3) is 0.923. The number of hydrogen-bond acceptors (Lipinski definition) is 3. The van der Waals surface area contributed by atoms with Gasteiger partial charge in [-0.1, -0.05) is 19.3 Å². The maximum Gasteiger partial charge on any atom is 0.225 e. The van der Waals surface area contributed by atoms with E-state index >= 15 is 0 Å². The minimum absolute atomic E-state index is 0.0866. The molecule has 0 bridgehead atoms. The van der Waals surface area contributed by atoms with E-state index < -0.39 is 11.2 Å². The first-order chi connectivity index (χ1) is 7.72. The van der Waals surface area contributed by atoms with E-state index in [0.717, 1.165) is 32.1 Å². The van der Waals surface area contributed by atoms with Crippen LogP contribution in [0.5, 0.6) is 0 Å². The van der Waals surface area contributed by atoms with Crippen LogP contribution in [-0.2, 0) is 4.79 Å². The molecule has 0 aromatic heterocycles. The van der Waals surface area contributed by atoms with Gasteiger partial charge in [0.2, 0.25) is 5.91 Å². The normalized spacial score (nSPS) is 20.1. The van der Waals surface area contributed by atoms with Crippen molar-refractivity contribution in [3.63, 3.8) is 0 Å². The van der Waals surface area contributed by atoms with Crippen molar-refractivity contribution in [1.82, 2.24) is 4.90 Å². The summed E-state index contributed by atoms with van der Waals surface area (Å²) >= 11 is 0. The topological polar surface area (TPSA) is 60.8 Å². The Hall–Kier alpha value is -0.610. The van der Waals surface area contributed by atoms with Crippen LogP contribution in [0.15, 0.2) is 0 Å². The van der Waals surface area contributed by atoms with Crippen LogP contribution in [0.1, 0.15) is 52.4 Å². The van der Waals surface area contributed by atoms with Gasteiger partial charge in [-0.25, -0.2) is 0 Å². The van der Waals surface area contributed by atoms with Gasteiger partial charge in [0.1, 0.15) is 0 Å². The minimum Gasteiger partial charge on any atom is -0.389 e. The molecular weight excluding hydrogens is 218 g/mol. The summed E-state index contributed by atoms with van der Waals surface area (Å²) in [5.74, 6) is -0.0866. The highest BCUT2D eigenvalue weighted by atomic mass is 16.3. The van der Waals surface area contributed by atoms with E-state index in [0.29, 0.717) is 6.54 Å². The van der Waals surface area contributed by atoms with Gasteiger partial charge < -0.3 is 15.1 Å². The van der Waals surface area contributed by atoms with Crippen molar-refractivity contribution in [2.75, 3.05) is 13.6 Å². The first-order valence-corrected chi connectivity index (χ1v) is 6.41. The van der Waals surface area contributed by atoms with Gasteiger partial charge in [-0.15, -0.1) is 0 Å². The molecule has 1 fully saturated rings. The smallest absolute Gasteiger partial charge is 0.225 e. The molecule has 0 radical (unpaired) electrons. The summed E-state index contributed by atoms with van der Waals surface area (Å²) in [6, 6.07) is 0.